The summed E-state index contributed by atoms with van der Waals surface area (Å²) < 4.78 is 0. The molecule has 94 valence electrons. The molecule has 1 amide bonds. The van der Waals surface area contributed by atoms with E-state index in [1.54, 1.807) is 6.07 Å². The number of H-pyrrole nitrogens is 1. The lowest BCUT2D eigenvalue weighted by atomic mass is 10.1. The highest BCUT2D eigenvalue weighted by Gasteiger charge is 2.10. The van der Waals surface area contributed by atoms with Crippen LogP contribution in [0.4, 0.5) is 0 Å². The number of aromatic nitrogens is 1. The van der Waals surface area contributed by atoms with Gasteiger partial charge in [-0.25, -0.2) is 0 Å². The monoisotopic (exact) mass is 244 g/mol. The van der Waals surface area contributed by atoms with Crippen molar-refractivity contribution in [3.05, 3.63) is 46.2 Å². The van der Waals surface area contributed by atoms with Gasteiger partial charge in [0.05, 0.1) is 5.56 Å². The zero-order chi connectivity index (χ0) is 13.0. The van der Waals surface area contributed by atoms with E-state index in [9.17, 15) is 9.59 Å². The lowest BCUT2D eigenvalue weighted by molar-refractivity contribution is 0.0954. The maximum atomic E-state index is 12.0. The summed E-state index contributed by atoms with van der Waals surface area (Å²) in [5.74, 6) is -0.189. The van der Waals surface area contributed by atoms with Crippen LogP contribution in [0.5, 0.6) is 0 Å². The number of unbranched alkanes of at least 4 members (excludes halogenated alkanes) is 1. The Kier molecular flexibility index (Phi) is 3.77. The van der Waals surface area contributed by atoms with Crippen LogP contribution in [0.1, 0.15) is 30.1 Å². The lowest BCUT2D eigenvalue weighted by Gasteiger charge is -2.07. The Morgan fingerprint density at radius 1 is 1.33 bits per heavy atom. The second-order valence-corrected chi connectivity index (χ2v) is 4.20. The minimum atomic E-state index is -0.255. The first-order chi connectivity index (χ1) is 8.72. The summed E-state index contributed by atoms with van der Waals surface area (Å²) in [4.78, 5) is 26.2. The van der Waals surface area contributed by atoms with Crippen molar-refractivity contribution in [2.75, 3.05) is 6.54 Å². The van der Waals surface area contributed by atoms with Crippen molar-refractivity contribution >= 4 is 16.8 Å². The van der Waals surface area contributed by atoms with Crippen molar-refractivity contribution in [3.8, 4) is 0 Å². The van der Waals surface area contributed by atoms with Crippen molar-refractivity contribution in [2.45, 2.75) is 19.8 Å². The number of pyridine rings is 1. The molecule has 1 heterocycles. The van der Waals surface area contributed by atoms with Crippen LogP contribution in [0.3, 0.4) is 0 Å². The Labute approximate surface area is 105 Å². The van der Waals surface area contributed by atoms with Crippen molar-refractivity contribution in [3.63, 3.8) is 0 Å². The standard InChI is InChI=1S/C14H16N2O2/c1-2-3-8-15-14(18)11-9-13(17)16-12-7-5-4-6-10(11)12/h4-7,9H,2-3,8H2,1H3,(H,15,18)(H,16,17). The number of nitrogens with one attached hydrogen (secondary N) is 2. The maximum Gasteiger partial charge on any atom is 0.252 e. The van der Waals surface area contributed by atoms with Crippen LogP contribution in [-0.2, 0) is 0 Å². The molecule has 0 saturated carbocycles. The molecule has 0 saturated heterocycles. The molecule has 1 aromatic heterocycles. The molecule has 18 heavy (non-hydrogen) atoms. The Morgan fingerprint density at radius 2 is 2.11 bits per heavy atom. The van der Waals surface area contributed by atoms with Crippen LogP contribution < -0.4 is 10.9 Å². The smallest absolute Gasteiger partial charge is 0.252 e. The molecule has 0 aliphatic carbocycles. The SMILES string of the molecule is CCCCNC(=O)c1cc(=O)[nH]c2ccccc12. The van der Waals surface area contributed by atoms with Gasteiger partial charge in [0.2, 0.25) is 5.56 Å². The fourth-order valence-corrected chi connectivity index (χ4v) is 1.87. The molecule has 0 aliphatic heterocycles. The molecule has 4 heteroatoms. The molecule has 0 bridgehead atoms. The molecular weight excluding hydrogens is 228 g/mol. The number of para-hydroxylation sites is 1. The second-order valence-electron chi connectivity index (χ2n) is 4.20. The van der Waals surface area contributed by atoms with Gasteiger partial charge in [-0.05, 0) is 12.5 Å². The molecule has 4 nitrogen and oxygen atoms in total. The summed E-state index contributed by atoms with van der Waals surface area (Å²) >= 11 is 0. The third-order valence-electron chi connectivity index (χ3n) is 2.81. The summed E-state index contributed by atoms with van der Waals surface area (Å²) in [6.07, 6.45) is 1.96. The molecule has 1 aromatic carbocycles. The number of carbonyl (C=O) groups excluding carboxylic acids is 1. The van der Waals surface area contributed by atoms with Gasteiger partial charge in [-0.15, -0.1) is 0 Å². The lowest BCUT2D eigenvalue weighted by Crippen LogP contribution is -2.26. The summed E-state index contributed by atoms with van der Waals surface area (Å²) in [7, 11) is 0. The Hall–Kier alpha value is -2.10. The van der Waals surface area contributed by atoms with Crippen LogP contribution >= 0.6 is 0 Å². The van der Waals surface area contributed by atoms with E-state index in [0.29, 0.717) is 17.6 Å². The highest BCUT2D eigenvalue weighted by Crippen LogP contribution is 2.14. The fraction of sp³-hybridized carbons (Fsp3) is 0.286. The van der Waals surface area contributed by atoms with E-state index in [1.165, 1.54) is 6.07 Å². The molecule has 0 unspecified atom stereocenters. The van der Waals surface area contributed by atoms with E-state index >= 15 is 0 Å². The predicted molar refractivity (Wildman–Crippen MR) is 71.8 cm³/mol. The van der Waals surface area contributed by atoms with Gasteiger partial charge in [-0.3, -0.25) is 9.59 Å². The fourth-order valence-electron chi connectivity index (χ4n) is 1.87. The van der Waals surface area contributed by atoms with Crippen LogP contribution in [0.15, 0.2) is 35.1 Å². The van der Waals surface area contributed by atoms with E-state index in [1.807, 2.05) is 18.2 Å². The number of carbonyl (C=O) groups is 1. The minimum Gasteiger partial charge on any atom is -0.352 e. The summed E-state index contributed by atoms with van der Waals surface area (Å²) in [6.45, 7) is 2.70. The number of benzene rings is 1. The average Bonchev–Trinajstić information content (AvgIpc) is 2.38. The van der Waals surface area contributed by atoms with Crippen LogP contribution in [0.25, 0.3) is 10.9 Å². The molecule has 0 fully saturated rings. The molecule has 0 radical (unpaired) electrons. The van der Waals surface area contributed by atoms with Gasteiger partial charge in [-0.1, -0.05) is 31.5 Å². The summed E-state index contributed by atoms with van der Waals surface area (Å²) in [6, 6.07) is 8.66. The highest BCUT2D eigenvalue weighted by molar-refractivity contribution is 6.05. The number of hydrogen-bond acceptors (Lipinski definition) is 2. The van der Waals surface area contributed by atoms with Crippen molar-refractivity contribution in [1.82, 2.24) is 10.3 Å². The largest absolute Gasteiger partial charge is 0.352 e. The quantitative estimate of drug-likeness (QED) is 0.809. The highest BCUT2D eigenvalue weighted by atomic mass is 16.2. The second kappa shape index (κ2) is 5.49. The number of rotatable bonds is 4. The average molecular weight is 244 g/mol. The normalized spacial score (nSPS) is 10.5. The van der Waals surface area contributed by atoms with Gasteiger partial charge in [0.25, 0.3) is 5.91 Å². The first-order valence-corrected chi connectivity index (χ1v) is 6.12. The van der Waals surface area contributed by atoms with E-state index in [0.717, 1.165) is 18.2 Å². The van der Waals surface area contributed by atoms with Gasteiger partial charge in [0.15, 0.2) is 0 Å². The van der Waals surface area contributed by atoms with E-state index in [-0.39, 0.29) is 11.5 Å². The van der Waals surface area contributed by atoms with E-state index < -0.39 is 0 Å². The zero-order valence-corrected chi connectivity index (χ0v) is 10.3. The van der Waals surface area contributed by atoms with Crippen molar-refractivity contribution in [1.29, 1.82) is 0 Å². The summed E-state index contributed by atoms with van der Waals surface area (Å²) in [5.41, 5.74) is 0.866. The zero-order valence-electron chi connectivity index (χ0n) is 10.3. The van der Waals surface area contributed by atoms with Crippen LogP contribution in [0.2, 0.25) is 0 Å². The number of fused-ring (bicyclic) bond motifs is 1. The van der Waals surface area contributed by atoms with E-state index in [2.05, 4.69) is 17.2 Å². The van der Waals surface area contributed by atoms with Crippen molar-refractivity contribution in [2.24, 2.45) is 0 Å². The van der Waals surface area contributed by atoms with Gasteiger partial charge in [0.1, 0.15) is 0 Å². The van der Waals surface area contributed by atoms with Crippen molar-refractivity contribution < 1.29 is 4.79 Å². The molecule has 2 aromatic rings. The Balaban J connectivity index is 2.37. The number of aromatic amines is 1. The molecule has 2 rings (SSSR count). The molecule has 0 atom stereocenters. The molecule has 0 spiro atoms. The van der Waals surface area contributed by atoms with Crippen LogP contribution in [0, 0.1) is 0 Å². The summed E-state index contributed by atoms with van der Waals surface area (Å²) in [5, 5.41) is 3.60. The minimum absolute atomic E-state index is 0.189. The third kappa shape index (κ3) is 2.59. The Morgan fingerprint density at radius 3 is 2.89 bits per heavy atom. The molecular formula is C14H16N2O2. The third-order valence-corrected chi connectivity index (χ3v) is 2.81. The first-order valence-electron chi connectivity index (χ1n) is 6.12. The van der Waals surface area contributed by atoms with Gasteiger partial charge >= 0.3 is 0 Å². The number of amides is 1. The van der Waals surface area contributed by atoms with E-state index in [4.69, 9.17) is 0 Å². The van der Waals surface area contributed by atoms with Gasteiger partial charge in [-0.2, -0.15) is 0 Å². The predicted octanol–water partition coefficient (Wildman–Crippen LogP) is 2.06. The number of hydrogen-bond donors (Lipinski definition) is 2. The first kappa shape index (κ1) is 12.4. The topological polar surface area (TPSA) is 62.0 Å². The van der Waals surface area contributed by atoms with Gasteiger partial charge in [0, 0.05) is 23.5 Å². The van der Waals surface area contributed by atoms with Gasteiger partial charge < -0.3 is 10.3 Å². The maximum absolute atomic E-state index is 12.0. The Bertz CT molecular complexity index is 616. The van der Waals surface area contributed by atoms with Crippen LogP contribution in [-0.4, -0.2) is 17.4 Å². The molecule has 2 N–H and O–H groups in total. The molecule has 0 aliphatic rings.